The number of hydrogen-bond donors (Lipinski definition) is 0. The number of halogens is 5. The summed E-state index contributed by atoms with van der Waals surface area (Å²) in [6.07, 6.45) is 0. The van der Waals surface area contributed by atoms with E-state index in [0.29, 0.717) is 16.0 Å². The average molecular weight is 324 g/mol. The van der Waals surface area contributed by atoms with Crippen LogP contribution in [-0.2, 0) is 5.33 Å². The van der Waals surface area contributed by atoms with Gasteiger partial charge in [-0.2, -0.15) is 0 Å². The molecule has 0 bridgehead atoms. The molecule has 1 aromatic heterocycles. The second-order valence-electron chi connectivity index (χ2n) is 2.25. The Morgan fingerprint density at radius 2 is 1.92 bits per heavy atom. The lowest BCUT2D eigenvalue weighted by molar-refractivity contribution is 1.18. The Morgan fingerprint density at radius 1 is 1.31 bits per heavy atom. The third-order valence-corrected chi connectivity index (χ3v) is 3.11. The van der Waals surface area contributed by atoms with Crippen molar-refractivity contribution < 1.29 is 0 Å². The van der Waals surface area contributed by atoms with Gasteiger partial charge in [0.1, 0.15) is 15.1 Å². The van der Waals surface area contributed by atoms with Crippen molar-refractivity contribution in [1.82, 2.24) is 4.98 Å². The van der Waals surface area contributed by atoms with Crippen LogP contribution >= 0.6 is 62.3 Å². The zero-order chi connectivity index (χ0) is 10.0. The van der Waals surface area contributed by atoms with Gasteiger partial charge in [0.25, 0.3) is 0 Å². The first kappa shape index (κ1) is 11.9. The monoisotopic (exact) mass is 321 g/mol. The first-order valence-corrected chi connectivity index (χ1v) is 6.00. The van der Waals surface area contributed by atoms with Crippen LogP contribution in [-0.4, -0.2) is 4.98 Å². The van der Waals surface area contributed by atoms with Crippen LogP contribution in [0.1, 0.15) is 16.0 Å². The van der Waals surface area contributed by atoms with Crippen molar-refractivity contribution in [3.05, 3.63) is 27.5 Å². The Balaban J connectivity index is 3.22. The molecule has 0 amide bonds. The largest absolute Gasteiger partial charge is 0.224 e. The number of aromatic nitrogens is 1. The summed E-state index contributed by atoms with van der Waals surface area (Å²) in [5.74, 6) is 0. The molecular formula is C7H4BrCl4N. The van der Waals surface area contributed by atoms with Crippen LogP contribution < -0.4 is 0 Å². The minimum absolute atomic E-state index is 0.240. The Morgan fingerprint density at radius 3 is 2.38 bits per heavy atom. The van der Waals surface area contributed by atoms with Crippen molar-refractivity contribution in [3.63, 3.8) is 0 Å². The van der Waals surface area contributed by atoms with Gasteiger partial charge < -0.3 is 0 Å². The molecule has 0 aromatic carbocycles. The summed E-state index contributed by atoms with van der Waals surface area (Å²) < 4.78 is 0. The summed E-state index contributed by atoms with van der Waals surface area (Å²) in [5.41, 5.74) is 1.39. The van der Waals surface area contributed by atoms with Gasteiger partial charge in [0.05, 0.1) is 0 Å². The standard InChI is InChI=1S/C7H4BrCl4N/c8-2-3-1-4(5(9)10)7(12)13-6(3)11/h1,5H,2H2. The highest BCUT2D eigenvalue weighted by Crippen LogP contribution is 2.33. The molecule has 0 atom stereocenters. The zero-order valence-electron chi connectivity index (χ0n) is 6.20. The molecule has 0 radical (unpaired) electrons. The molecule has 1 heterocycles. The minimum Gasteiger partial charge on any atom is -0.224 e. The van der Waals surface area contributed by atoms with Crippen LogP contribution in [0.4, 0.5) is 0 Å². The second kappa shape index (κ2) is 5.04. The summed E-state index contributed by atoms with van der Waals surface area (Å²) in [6, 6.07) is 1.73. The van der Waals surface area contributed by atoms with Gasteiger partial charge in [-0.1, -0.05) is 62.3 Å². The summed E-state index contributed by atoms with van der Waals surface area (Å²) in [6.45, 7) is 0. The van der Waals surface area contributed by atoms with Gasteiger partial charge in [0, 0.05) is 16.5 Å². The Labute approximate surface area is 104 Å². The van der Waals surface area contributed by atoms with Gasteiger partial charge in [-0.25, -0.2) is 4.98 Å². The molecule has 1 rings (SSSR count). The van der Waals surface area contributed by atoms with Gasteiger partial charge in [0.2, 0.25) is 0 Å². The van der Waals surface area contributed by atoms with E-state index in [2.05, 4.69) is 20.9 Å². The Bertz CT molecular complexity index is 316. The first-order chi connectivity index (χ1) is 6.06. The molecule has 0 spiro atoms. The van der Waals surface area contributed by atoms with Crippen LogP contribution in [0.3, 0.4) is 0 Å². The summed E-state index contributed by atoms with van der Waals surface area (Å²) >= 11 is 26.2. The number of pyridine rings is 1. The van der Waals surface area contributed by atoms with Crippen LogP contribution in [0.15, 0.2) is 6.07 Å². The fraction of sp³-hybridized carbons (Fsp3) is 0.286. The SMILES string of the molecule is Clc1nc(Cl)c(C(Cl)Cl)cc1CBr. The fourth-order valence-electron chi connectivity index (χ4n) is 0.776. The van der Waals surface area contributed by atoms with E-state index in [0.717, 1.165) is 5.56 Å². The number of alkyl halides is 3. The smallest absolute Gasteiger partial charge is 0.136 e. The molecule has 0 saturated heterocycles. The average Bonchev–Trinajstić information content (AvgIpc) is 2.03. The Hall–Kier alpha value is 0.790. The highest BCUT2D eigenvalue weighted by atomic mass is 79.9. The van der Waals surface area contributed by atoms with E-state index in [1.165, 1.54) is 0 Å². The predicted molar refractivity (Wildman–Crippen MR) is 61.3 cm³/mol. The summed E-state index contributed by atoms with van der Waals surface area (Å²) in [4.78, 5) is 3.21. The van der Waals surface area contributed by atoms with Crippen LogP contribution in [0.5, 0.6) is 0 Å². The molecular weight excluding hydrogens is 320 g/mol. The van der Waals surface area contributed by atoms with E-state index in [4.69, 9.17) is 46.4 Å². The highest BCUT2D eigenvalue weighted by Gasteiger charge is 2.13. The third kappa shape index (κ3) is 2.87. The molecule has 0 aliphatic rings. The maximum atomic E-state index is 5.79. The van der Waals surface area contributed by atoms with E-state index in [1.54, 1.807) is 6.07 Å². The maximum absolute atomic E-state index is 5.79. The van der Waals surface area contributed by atoms with Crippen LogP contribution in [0.25, 0.3) is 0 Å². The molecule has 6 heteroatoms. The van der Waals surface area contributed by atoms with E-state index < -0.39 is 4.84 Å². The van der Waals surface area contributed by atoms with E-state index in [1.807, 2.05) is 0 Å². The highest BCUT2D eigenvalue weighted by molar-refractivity contribution is 9.08. The Kier molecular flexibility index (Phi) is 4.59. The summed E-state index contributed by atoms with van der Waals surface area (Å²) in [7, 11) is 0. The van der Waals surface area contributed by atoms with Crippen LogP contribution in [0.2, 0.25) is 10.3 Å². The number of rotatable bonds is 2. The molecule has 0 aliphatic carbocycles. The normalized spacial score (nSPS) is 10.9. The molecule has 1 nitrogen and oxygen atoms in total. The molecule has 0 N–H and O–H groups in total. The third-order valence-electron chi connectivity index (χ3n) is 1.41. The number of nitrogens with zero attached hydrogens (tertiary/aromatic N) is 1. The lowest BCUT2D eigenvalue weighted by atomic mass is 10.2. The van der Waals surface area contributed by atoms with Gasteiger partial charge in [-0.15, -0.1) is 0 Å². The fourth-order valence-corrected chi connectivity index (χ4v) is 2.31. The molecule has 1 aromatic rings. The van der Waals surface area contributed by atoms with Crippen molar-refractivity contribution in [3.8, 4) is 0 Å². The van der Waals surface area contributed by atoms with Crippen molar-refractivity contribution in [2.75, 3.05) is 0 Å². The quantitative estimate of drug-likeness (QED) is 0.565. The van der Waals surface area contributed by atoms with E-state index in [-0.39, 0.29) is 5.15 Å². The first-order valence-electron chi connectivity index (χ1n) is 3.25. The molecule has 13 heavy (non-hydrogen) atoms. The predicted octanol–water partition coefficient (Wildman–Crippen LogP) is 4.76. The topological polar surface area (TPSA) is 12.9 Å². The zero-order valence-corrected chi connectivity index (χ0v) is 10.8. The molecule has 72 valence electrons. The minimum atomic E-state index is -0.685. The number of hydrogen-bond acceptors (Lipinski definition) is 1. The lowest BCUT2D eigenvalue weighted by Crippen LogP contribution is -1.92. The molecule has 0 unspecified atom stereocenters. The van der Waals surface area contributed by atoms with Crippen LogP contribution in [0, 0.1) is 0 Å². The van der Waals surface area contributed by atoms with Gasteiger partial charge in [-0.3, -0.25) is 0 Å². The molecule has 0 saturated carbocycles. The summed E-state index contributed by atoms with van der Waals surface area (Å²) in [5, 5.41) is 1.19. The van der Waals surface area contributed by atoms with Crippen molar-refractivity contribution in [2.45, 2.75) is 10.2 Å². The van der Waals surface area contributed by atoms with Gasteiger partial charge in [0.15, 0.2) is 0 Å². The van der Waals surface area contributed by atoms with Crippen molar-refractivity contribution in [2.24, 2.45) is 0 Å². The van der Waals surface area contributed by atoms with E-state index >= 15 is 0 Å². The lowest BCUT2D eigenvalue weighted by Gasteiger charge is -2.07. The van der Waals surface area contributed by atoms with Crippen molar-refractivity contribution >= 4 is 62.3 Å². The van der Waals surface area contributed by atoms with Gasteiger partial charge >= 0.3 is 0 Å². The maximum Gasteiger partial charge on any atom is 0.136 e. The molecule has 0 fully saturated rings. The molecule has 0 aliphatic heterocycles. The van der Waals surface area contributed by atoms with Crippen molar-refractivity contribution in [1.29, 1.82) is 0 Å². The second-order valence-corrected chi connectivity index (χ2v) is 4.63. The van der Waals surface area contributed by atoms with Gasteiger partial charge in [-0.05, 0) is 6.07 Å². The van der Waals surface area contributed by atoms with E-state index in [9.17, 15) is 0 Å².